The summed E-state index contributed by atoms with van der Waals surface area (Å²) in [6, 6.07) is 6.75. The third kappa shape index (κ3) is 2.11. The Morgan fingerprint density at radius 3 is 2.50 bits per heavy atom. The second-order valence-electron chi connectivity index (χ2n) is 3.60. The van der Waals surface area contributed by atoms with Crippen molar-refractivity contribution in [3.05, 3.63) is 29.3 Å². The van der Waals surface area contributed by atoms with Crippen molar-refractivity contribution in [3.8, 4) is 0 Å². The van der Waals surface area contributed by atoms with Crippen molar-refractivity contribution in [1.29, 1.82) is 0 Å². The first-order valence-corrected chi connectivity index (χ1v) is 11.4. The van der Waals surface area contributed by atoms with Crippen LogP contribution in [-0.4, -0.2) is 11.5 Å². The van der Waals surface area contributed by atoms with Gasteiger partial charge in [-0.25, -0.2) is 0 Å². The molecule has 0 spiro atoms. The van der Waals surface area contributed by atoms with Crippen molar-refractivity contribution in [2.75, 3.05) is 11.5 Å². The van der Waals surface area contributed by atoms with E-state index in [4.69, 9.17) is 12.2 Å². The van der Waals surface area contributed by atoms with Crippen molar-refractivity contribution in [2.45, 2.75) is 13.8 Å². The molecule has 0 aromatic heterocycles. The van der Waals surface area contributed by atoms with Crippen molar-refractivity contribution < 1.29 is 0 Å². The molecule has 0 nitrogen and oxygen atoms in total. The van der Waals surface area contributed by atoms with Crippen LogP contribution in [0, 0.1) is 13.8 Å². The minimum absolute atomic E-state index is 1.27. The first-order valence-electron chi connectivity index (χ1n) is 4.70. The Labute approximate surface area is 99.6 Å². The Morgan fingerprint density at radius 1 is 1.21 bits per heavy atom. The summed E-state index contributed by atoms with van der Waals surface area (Å²) in [7, 11) is 0. The second kappa shape index (κ2) is 4.29. The number of aryl methyl sites for hydroxylation is 2. The molecule has 0 atom stereocenters. The van der Waals surface area contributed by atoms with Gasteiger partial charge in [-0.15, -0.1) is 0 Å². The molecule has 1 aromatic carbocycles. The summed E-state index contributed by atoms with van der Waals surface area (Å²) in [5, 5.41) is 1.52. The van der Waals surface area contributed by atoms with Gasteiger partial charge in [0.15, 0.2) is 0 Å². The molecule has 0 unspecified atom stereocenters. The average Bonchev–Trinajstić information content (AvgIpc) is 2.58. The fraction of sp³-hybridized carbons (Fsp3) is 0.400. The van der Waals surface area contributed by atoms with E-state index in [0.29, 0.717) is 0 Å². The molecule has 0 bridgehead atoms. The zero-order valence-electron chi connectivity index (χ0n) is 8.41. The molecule has 1 aliphatic rings. The van der Waals surface area contributed by atoms with E-state index in [-0.39, 0.29) is 0 Å². The van der Waals surface area contributed by atoms with Gasteiger partial charge in [0.2, 0.25) is 0 Å². The number of thiol groups is 1. The zero-order chi connectivity index (χ0) is 10.2. The molecule has 1 heterocycles. The predicted octanol–water partition coefficient (Wildman–Crippen LogP) is 3.83. The van der Waals surface area contributed by atoms with Gasteiger partial charge in [-0.3, -0.25) is 0 Å². The van der Waals surface area contributed by atoms with Gasteiger partial charge in [0.1, 0.15) is 0 Å². The van der Waals surface area contributed by atoms with Gasteiger partial charge >= 0.3 is 99.9 Å². The quantitative estimate of drug-likeness (QED) is 0.603. The summed E-state index contributed by atoms with van der Waals surface area (Å²) >= 11 is 9.13. The molecule has 0 saturated carbocycles. The summed E-state index contributed by atoms with van der Waals surface area (Å²) in [6.07, 6.45) is 0. The van der Waals surface area contributed by atoms with Crippen LogP contribution >= 0.6 is 39.9 Å². The van der Waals surface area contributed by atoms with E-state index >= 15 is 0 Å². The normalized spacial score (nSPS) is 22.2. The van der Waals surface area contributed by atoms with Crippen molar-refractivity contribution in [2.24, 2.45) is 0 Å². The predicted molar refractivity (Wildman–Crippen MR) is 77.8 cm³/mol. The Morgan fingerprint density at radius 2 is 1.86 bits per heavy atom. The fourth-order valence-electron chi connectivity index (χ4n) is 1.63. The topological polar surface area (TPSA) is 0 Å². The minimum atomic E-state index is -1.51. The average molecular weight is 262 g/mol. The van der Waals surface area contributed by atoms with Gasteiger partial charge in [-0.05, 0) is 0 Å². The van der Waals surface area contributed by atoms with E-state index in [2.05, 4.69) is 54.8 Å². The number of hydrogen-bond acceptors (Lipinski definition) is 3. The Bertz CT molecular complexity index is 345. The van der Waals surface area contributed by atoms with Crippen LogP contribution in [0.5, 0.6) is 0 Å². The first kappa shape index (κ1) is 11.2. The maximum absolute atomic E-state index is 4.95. The van der Waals surface area contributed by atoms with E-state index in [1.807, 2.05) is 0 Å². The Balaban J connectivity index is 2.44. The molecule has 4 heteroatoms. The molecule has 14 heavy (non-hydrogen) atoms. The molecular weight excluding hydrogens is 247 g/mol. The number of hydrogen-bond donors (Lipinski definition) is 1. The van der Waals surface area contributed by atoms with E-state index < -0.39 is 4.87 Å². The van der Waals surface area contributed by atoms with Gasteiger partial charge in [0, 0.05) is 0 Å². The van der Waals surface area contributed by atoms with Gasteiger partial charge < -0.3 is 0 Å². The first-order chi connectivity index (χ1) is 6.62. The van der Waals surface area contributed by atoms with Gasteiger partial charge in [-0.2, -0.15) is 0 Å². The van der Waals surface area contributed by atoms with Crippen LogP contribution in [0.3, 0.4) is 0 Å². The molecular formula is C10H15PS3. The molecule has 0 radical (unpaired) electrons. The van der Waals surface area contributed by atoms with E-state index in [0.717, 1.165) is 0 Å². The zero-order valence-corrected chi connectivity index (χ0v) is 11.9. The monoisotopic (exact) mass is 262 g/mol. The van der Waals surface area contributed by atoms with Crippen molar-refractivity contribution >= 4 is 45.2 Å². The van der Waals surface area contributed by atoms with Gasteiger partial charge in [0.05, 0.1) is 0 Å². The standard InChI is InChI=1S/C10H15PS3/c1-8-3-4-9(2)10(7-8)11(12)13-5-6-14-11/h3-4,7,11-12H,5-6H2,1-2H3. The number of benzene rings is 1. The van der Waals surface area contributed by atoms with Gasteiger partial charge in [0.25, 0.3) is 0 Å². The summed E-state index contributed by atoms with van der Waals surface area (Å²) < 4.78 is 0. The Kier molecular flexibility index (Phi) is 3.43. The molecule has 1 aliphatic heterocycles. The van der Waals surface area contributed by atoms with E-state index in [1.165, 1.54) is 27.9 Å². The van der Waals surface area contributed by atoms with E-state index in [1.54, 1.807) is 0 Å². The summed E-state index contributed by atoms with van der Waals surface area (Å²) in [5.41, 5.74) is 2.78. The van der Waals surface area contributed by atoms with Crippen LogP contribution in [0.4, 0.5) is 0 Å². The van der Waals surface area contributed by atoms with Crippen LogP contribution in [-0.2, 0) is 0 Å². The third-order valence-electron chi connectivity index (χ3n) is 2.41. The van der Waals surface area contributed by atoms with Crippen LogP contribution in [0.25, 0.3) is 0 Å². The summed E-state index contributed by atoms with van der Waals surface area (Å²) in [4.78, 5) is -1.51. The van der Waals surface area contributed by atoms with E-state index in [9.17, 15) is 0 Å². The molecule has 0 aliphatic carbocycles. The second-order valence-corrected chi connectivity index (χ2v) is 16.7. The molecule has 1 aromatic rings. The third-order valence-corrected chi connectivity index (χ3v) is 15.5. The van der Waals surface area contributed by atoms with Crippen LogP contribution < -0.4 is 5.30 Å². The summed E-state index contributed by atoms with van der Waals surface area (Å²) in [5.74, 6) is 2.54. The molecule has 1 saturated heterocycles. The molecule has 78 valence electrons. The molecule has 1 fully saturated rings. The molecule has 2 rings (SSSR count). The van der Waals surface area contributed by atoms with Crippen molar-refractivity contribution in [3.63, 3.8) is 0 Å². The van der Waals surface area contributed by atoms with Crippen LogP contribution in [0.1, 0.15) is 11.1 Å². The van der Waals surface area contributed by atoms with Crippen LogP contribution in [0.15, 0.2) is 18.2 Å². The fourth-order valence-corrected chi connectivity index (χ4v) is 14.5. The van der Waals surface area contributed by atoms with Crippen molar-refractivity contribution in [1.82, 2.24) is 0 Å². The van der Waals surface area contributed by atoms with Gasteiger partial charge in [-0.1, -0.05) is 0 Å². The summed E-state index contributed by atoms with van der Waals surface area (Å²) in [6.45, 7) is 4.37. The Hall–Kier alpha value is 0.700. The SMILES string of the molecule is Cc1ccc(C)c([PH]2(S)SCCS2)c1. The maximum atomic E-state index is 4.95. The molecule has 0 amide bonds. The van der Waals surface area contributed by atoms with Crippen LogP contribution in [0.2, 0.25) is 0 Å². The molecule has 0 N–H and O–H groups in total. The number of rotatable bonds is 1.